The van der Waals surface area contributed by atoms with Crippen molar-refractivity contribution >= 4 is 27.6 Å². The van der Waals surface area contributed by atoms with E-state index in [2.05, 4.69) is 25.2 Å². The largest absolute Gasteiger partial charge is 0.472 e. The molecule has 0 spiro atoms. The summed E-state index contributed by atoms with van der Waals surface area (Å²) in [6.07, 6.45) is 9.68. The Balaban J connectivity index is 2.34. The van der Waals surface area contributed by atoms with Crippen molar-refractivity contribution in [1.82, 2.24) is 0 Å². The number of ether oxygens (including phenoxy) is 2. The quantitative estimate of drug-likeness (QED) is 0.0222. The van der Waals surface area contributed by atoms with Crippen LogP contribution in [0, 0.1) is 11.8 Å². The molecule has 404 valence electrons. The third-order valence-corrected chi connectivity index (χ3v) is 13.6. The molecular weight excluding hydrogens is 954 g/mol. The van der Waals surface area contributed by atoms with Crippen LogP contribution in [-0.4, -0.2) is 137 Å². The van der Waals surface area contributed by atoms with E-state index >= 15 is 0 Å². The standard InChI is InChI=1S/C49H84O19P2/c1-3-5-7-8-9-10-11-12-13-14-15-16-17-18-19-20-26-30-43(54)66-37-34-64-42(53)29-25-22-21-24-28-38-40(51)33-41(52)39(32-31-36(50)27-23-6-4-2)45(56)48(67-69(59,60)61)49(47(58)46(57)44(38)55)68-70(62,63)65-35-37/h12-13,15-16,18-19,21,24,31-32,36-41,44-52,55-58H,3-11,14,17,20,22-23,25-30,33-35H2,1-2H3,(H,62,63)(H2,59,60,61)/b13-12-,16-15-,19-18-,24-21+,32-31+/t36-,37+,38-,39-,40-,41+,44+,45+,46-,47+,48+,49-/m0/s1. The van der Waals surface area contributed by atoms with E-state index in [1.165, 1.54) is 50.7 Å². The Bertz CT molecular complexity index is 1700. The van der Waals surface area contributed by atoms with Crippen LogP contribution in [0.3, 0.4) is 0 Å². The molecule has 2 aliphatic rings. The summed E-state index contributed by atoms with van der Waals surface area (Å²) in [5.41, 5.74) is 0. The van der Waals surface area contributed by atoms with Gasteiger partial charge in [0.25, 0.3) is 0 Å². The molecule has 0 amide bonds. The molecule has 0 aromatic carbocycles. The molecule has 70 heavy (non-hydrogen) atoms. The highest BCUT2D eigenvalue weighted by atomic mass is 31.2. The fourth-order valence-electron chi connectivity index (χ4n) is 8.09. The van der Waals surface area contributed by atoms with Crippen molar-refractivity contribution in [2.75, 3.05) is 13.2 Å². The lowest BCUT2D eigenvalue weighted by atomic mass is 9.83. The van der Waals surface area contributed by atoms with E-state index in [0.29, 0.717) is 25.7 Å². The lowest BCUT2D eigenvalue weighted by Crippen LogP contribution is -2.56. The van der Waals surface area contributed by atoms with E-state index in [9.17, 15) is 69.1 Å². The van der Waals surface area contributed by atoms with Gasteiger partial charge in [0.1, 0.15) is 31.0 Å². The first-order chi connectivity index (χ1) is 33.3. The lowest BCUT2D eigenvalue weighted by Gasteiger charge is -2.38. The van der Waals surface area contributed by atoms with E-state index in [4.69, 9.17) is 23.0 Å². The maximum absolute atomic E-state index is 13.8. The van der Waals surface area contributed by atoms with Crippen molar-refractivity contribution in [3.05, 3.63) is 60.8 Å². The zero-order valence-corrected chi connectivity index (χ0v) is 42.8. The zero-order valence-electron chi connectivity index (χ0n) is 41.0. The summed E-state index contributed by atoms with van der Waals surface area (Å²) in [6.45, 7) is 2.52. The number of aliphatic hydroxyl groups is 7. The molecule has 13 atom stereocenters. The average Bonchev–Trinajstić information content (AvgIpc) is 3.30. The topological polar surface area (TPSA) is 317 Å². The number of unbranched alkanes of at least 4 members (excludes halogenated alkanes) is 9. The van der Waals surface area contributed by atoms with Gasteiger partial charge in [-0.15, -0.1) is 0 Å². The van der Waals surface area contributed by atoms with Crippen LogP contribution in [-0.2, 0) is 41.8 Å². The van der Waals surface area contributed by atoms with Crippen molar-refractivity contribution in [2.45, 2.75) is 210 Å². The minimum absolute atomic E-state index is 0.103. The number of fused-ring (bicyclic) bond motifs is 4. The minimum atomic E-state index is -5.78. The summed E-state index contributed by atoms with van der Waals surface area (Å²) < 4.78 is 52.2. The number of rotatable bonds is 24. The Hall–Kier alpha value is -2.42. The molecule has 19 nitrogen and oxygen atoms in total. The summed E-state index contributed by atoms with van der Waals surface area (Å²) in [6, 6.07) is 0. The van der Waals surface area contributed by atoms with Gasteiger partial charge >= 0.3 is 27.6 Å². The highest BCUT2D eigenvalue weighted by Gasteiger charge is 2.51. The SMILES string of the molecule is CCCCCCCC/C=C\C/C=C\C/C=C\CCCC(=O)O[C@@H]1COC(=O)CCC/C=C/C[C@@H]2[C@@H](O)[C@H](O)[C@@H](O)[C@H](OP(=O)(O)OC1)[C@H](OP(=O)(O)O)[C@H](O)[C@@H](/C=C/[C@@H](O)CCCCC)[C@H](O)C[C@@H]2O. The number of allylic oxidation sites excluding steroid dienone is 8. The number of cyclic esters (lactones) is 1. The fraction of sp³-hybridized carbons (Fsp3) is 0.755. The average molecular weight is 1040 g/mol. The first-order valence-corrected chi connectivity index (χ1v) is 28.1. The number of phosphoric acid groups is 2. The molecule has 1 aliphatic carbocycles. The number of aliphatic hydroxyl groups excluding tert-OH is 7. The summed E-state index contributed by atoms with van der Waals surface area (Å²) in [4.78, 5) is 56.8. The maximum Gasteiger partial charge on any atom is 0.472 e. The van der Waals surface area contributed by atoms with E-state index in [1.54, 1.807) is 6.08 Å². The zero-order chi connectivity index (χ0) is 52.0. The summed E-state index contributed by atoms with van der Waals surface area (Å²) in [7, 11) is -11.5. The number of phosphoric ester groups is 2. The van der Waals surface area contributed by atoms with E-state index < -0.39 is 120 Å². The van der Waals surface area contributed by atoms with Crippen molar-refractivity contribution in [1.29, 1.82) is 0 Å². The number of hydrogen-bond acceptors (Lipinski definition) is 16. The van der Waals surface area contributed by atoms with Gasteiger partial charge in [0.05, 0.1) is 37.1 Å². The predicted molar refractivity (Wildman–Crippen MR) is 261 cm³/mol. The molecule has 10 N–H and O–H groups in total. The number of hydrogen-bond donors (Lipinski definition) is 10. The van der Waals surface area contributed by atoms with Gasteiger partial charge in [-0.05, 0) is 64.2 Å². The molecule has 1 heterocycles. The minimum Gasteiger partial charge on any atom is -0.462 e. The Morgan fingerprint density at radius 2 is 1.44 bits per heavy atom. The van der Waals surface area contributed by atoms with Crippen LogP contribution in [0.15, 0.2) is 60.8 Å². The molecule has 1 fully saturated rings. The number of carbonyl (C=O) groups excluding carboxylic acids is 2. The van der Waals surface area contributed by atoms with Gasteiger partial charge in [0.2, 0.25) is 0 Å². The molecule has 1 unspecified atom stereocenters. The summed E-state index contributed by atoms with van der Waals surface area (Å²) in [5, 5.41) is 79.8. The number of carbonyl (C=O) groups is 2. The van der Waals surface area contributed by atoms with Crippen LogP contribution in [0.25, 0.3) is 0 Å². The van der Waals surface area contributed by atoms with Crippen LogP contribution >= 0.6 is 15.6 Å². The highest BCUT2D eigenvalue weighted by Crippen LogP contribution is 2.50. The Morgan fingerprint density at radius 1 is 0.814 bits per heavy atom. The molecule has 0 saturated heterocycles. The molecule has 2 rings (SSSR count). The molecule has 0 aromatic heterocycles. The van der Waals surface area contributed by atoms with Gasteiger partial charge in [-0.3, -0.25) is 23.2 Å². The van der Waals surface area contributed by atoms with Crippen molar-refractivity contribution in [3.63, 3.8) is 0 Å². The van der Waals surface area contributed by atoms with Crippen molar-refractivity contribution in [3.8, 4) is 0 Å². The van der Waals surface area contributed by atoms with Crippen LogP contribution in [0.4, 0.5) is 0 Å². The van der Waals surface area contributed by atoms with Crippen LogP contribution in [0.2, 0.25) is 0 Å². The second-order valence-electron chi connectivity index (χ2n) is 18.1. The monoisotopic (exact) mass is 1040 g/mol. The predicted octanol–water partition coefficient (Wildman–Crippen LogP) is 6.22. The van der Waals surface area contributed by atoms with Gasteiger partial charge in [-0.2, -0.15) is 0 Å². The Labute approximate surface area is 414 Å². The molecular formula is C49H84O19P2. The third kappa shape index (κ3) is 27.0. The normalized spacial score (nSPS) is 31.7. The smallest absolute Gasteiger partial charge is 0.462 e. The first kappa shape index (κ1) is 63.7. The van der Waals surface area contributed by atoms with E-state index in [0.717, 1.165) is 31.8 Å². The van der Waals surface area contributed by atoms with Crippen LogP contribution in [0.5, 0.6) is 0 Å². The maximum atomic E-state index is 13.8. The first-order valence-electron chi connectivity index (χ1n) is 25.1. The van der Waals surface area contributed by atoms with E-state index in [1.807, 2.05) is 25.2 Å². The van der Waals surface area contributed by atoms with Gasteiger partial charge in [0, 0.05) is 31.1 Å². The van der Waals surface area contributed by atoms with Crippen LogP contribution < -0.4 is 0 Å². The molecule has 1 saturated carbocycles. The lowest BCUT2D eigenvalue weighted by molar-refractivity contribution is -0.165. The third-order valence-electron chi connectivity index (χ3n) is 12.1. The van der Waals surface area contributed by atoms with Gasteiger partial charge in [-0.1, -0.05) is 126 Å². The molecule has 0 aromatic rings. The summed E-state index contributed by atoms with van der Waals surface area (Å²) >= 11 is 0. The van der Waals surface area contributed by atoms with E-state index in [-0.39, 0.29) is 38.5 Å². The van der Waals surface area contributed by atoms with Crippen LogP contribution in [0.1, 0.15) is 149 Å². The molecule has 21 heteroatoms. The Morgan fingerprint density at radius 3 is 2.11 bits per heavy atom. The molecule has 0 radical (unpaired) electrons. The van der Waals surface area contributed by atoms with Gasteiger partial charge < -0.3 is 59.9 Å². The highest BCUT2D eigenvalue weighted by molar-refractivity contribution is 7.47. The van der Waals surface area contributed by atoms with Gasteiger partial charge in [-0.25, -0.2) is 9.13 Å². The summed E-state index contributed by atoms with van der Waals surface area (Å²) in [5.74, 6) is -4.60. The fourth-order valence-corrected chi connectivity index (χ4v) is 9.62. The second-order valence-corrected chi connectivity index (χ2v) is 20.7. The molecule has 2 bridgehead atoms. The second kappa shape index (κ2) is 35.7. The Kier molecular flexibility index (Phi) is 32.5. The molecule has 1 aliphatic heterocycles. The number of esters is 2. The van der Waals surface area contributed by atoms with Gasteiger partial charge in [0.15, 0.2) is 6.10 Å². The van der Waals surface area contributed by atoms with Crippen molar-refractivity contribution < 1.29 is 92.2 Å². The van der Waals surface area contributed by atoms with Crippen molar-refractivity contribution in [2.24, 2.45) is 11.8 Å².